The predicted octanol–water partition coefficient (Wildman–Crippen LogP) is 0.659. The molecule has 0 bridgehead atoms. The van der Waals surface area contributed by atoms with Gasteiger partial charge in [0.05, 0.1) is 0 Å². The van der Waals surface area contributed by atoms with Crippen molar-refractivity contribution in [1.82, 2.24) is 4.31 Å². The van der Waals surface area contributed by atoms with E-state index in [0.29, 0.717) is 13.0 Å². The lowest BCUT2D eigenvalue weighted by Crippen LogP contribution is -2.37. The minimum atomic E-state index is -3.75. The van der Waals surface area contributed by atoms with Gasteiger partial charge in [0, 0.05) is 25.2 Å². The van der Waals surface area contributed by atoms with E-state index in [9.17, 15) is 16.8 Å². The van der Waals surface area contributed by atoms with E-state index >= 15 is 0 Å². The van der Waals surface area contributed by atoms with E-state index in [1.165, 1.54) is 0 Å². The summed E-state index contributed by atoms with van der Waals surface area (Å²) in [6.45, 7) is 2.41. The predicted molar refractivity (Wildman–Crippen MR) is 65.8 cm³/mol. The second-order valence-corrected chi connectivity index (χ2v) is 8.45. The highest BCUT2D eigenvalue weighted by Crippen LogP contribution is 2.07. The SMILES string of the molecule is CCCCN(CCCl)S(=O)(=O)CS(C)(=O)=O. The van der Waals surface area contributed by atoms with Gasteiger partial charge >= 0.3 is 0 Å². The zero-order valence-corrected chi connectivity index (χ0v) is 11.9. The number of sulfonamides is 1. The summed E-state index contributed by atoms with van der Waals surface area (Å²) in [7, 11) is -7.30. The van der Waals surface area contributed by atoms with Crippen LogP contribution in [0.15, 0.2) is 0 Å². The fourth-order valence-corrected chi connectivity index (χ4v) is 5.01. The third-order valence-electron chi connectivity index (χ3n) is 1.85. The Morgan fingerprint density at radius 3 is 2.06 bits per heavy atom. The van der Waals surface area contributed by atoms with E-state index < -0.39 is 24.9 Å². The normalized spacial score (nSPS) is 13.2. The molecule has 0 saturated carbocycles. The Balaban J connectivity index is 4.75. The fourth-order valence-electron chi connectivity index (χ4n) is 1.16. The summed E-state index contributed by atoms with van der Waals surface area (Å²) in [5.74, 6) is 0.159. The average Bonchev–Trinajstić information content (AvgIpc) is 2.07. The van der Waals surface area contributed by atoms with Crippen molar-refractivity contribution in [3.8, 4) is 0 Å². The number of unbranched alkanes of at least 4 members (excludes halogenated alkanes) is 1. The van der Waals surface area contributed by atoms with Crippen LogP contribution in [0, 0.1) is 0 Å². The first-order valence-corrected chi connectivity index (χ1v) is 9.15. The quantitative estimate of drug-likeness (QED) is 0.616. The molecule has 0 spiro atoms. The van der Waals surface area contributed by atoms with Crippen LogP contribution < -0.4 is 0 Å². The molecule has 0 unspecified atom stereocenters. The molecular formula is C8H18ClNO4S2. The molecule has 0 saturated heterocycles. The Bertz CT molecular complexity index is 390. The van der Waals surface area contributed by atoms with Crippen molar-refractivity contribution in [2.75, 3.05) is 30.3 Å². The first kappa shape index (κ1) is 16.1. The van der Waals surface area contributed by atoms with Crippen LogP contribution in [0.2, 0.25) is 0 Å². The number of hydrogen-bond acceptors (Lipinski definition) is 4. The van der Waals surface area contributed by atoms with Crippen LogP contribution in [0.25, 0.3) is 0 Å². The van der Waals surface area contributed by atoms with E-state index in [1.54, 1.807) is 0 Å². The fraction of sp³-hybridized carbons (Fsp3) is 1.00. The summed E-state index contributed by atoms with van der Waals surface area (Å²) in [6, 6.07) is 0. The molecule has 0 rings (SSSR count). The highest BCUT2D eigenvalue weighted by atomic mass is 35.5. The number of alkyl halides is 1. The maximum Gasteiger partial charge on any atom is 0.228 e. The molecule has 0 atom stereocenters. The van der Waals surface area contributed by atoms with Crippen molar-refractivity contribution in [2.45, 2.75) is 19.8 Å². The van der Waals surface area contributed by atoms with Gasteiger partial charge in [-0.05, 0) is 6.42 Å². The summed E-state index contributed by atoms with van der Waals surface area (Å²) in [4.78, 5) is 0. The zero-order chi connectivity index (χ0) is 12.8. The van der Waals surface area contributed by atoms with E-state index in [2.05, 4.69) is 0 Å². The van der Waals surface area contributed by atoms with Gasteiger partial charge in [-0.1, -0.05) is 13.3 Å². The number of rotatable bonds is 8. The van der Waals surface area contributed by atoms with E-state index in [4.69, 9.17) is 11.6 Å². The molecule has 0 aliphatic heterocycles. The second kappa shape index (κ2) is 6.78. The molecule has 5 nitrogen and oxygen atoms in total. The molecule has 98 valence electrons. The number of hydrogen-bond donors (Lipinski definition) is 0. The Morgan fingerprint density at radius 1 is 1.12 bits per heavy atom. The number of halogens is 1. The standard InChI is InChI=1S/C8H18ClNO4S2/c1-3-4-6-10(7-5-9)16(13,14)8-15(2,11)12/h3-8H2,1-2H3. The van der Waals surface area contributed by atoms with Gasteiger partial charge in [0.15, 0.2) is 14.9 Å². The summed E-state index contributed by atoms with van der Waals surface area (Å²) in [5.41, 5.74) is 0. The molecule has 0 N–H and O–H groups in total. The number of sulfone groups is 1. The van der Waals surface area contributed by atoms with Crippen LogP contribution in [0.1, 0.15) is 19.8 Å². The van der Waals surface area contributed by atoms with Crippen LogP contribution in [0.4, 0.5) is 0 Å². The maximum atomic E-state index is 11.7. The van der Waals surface area contributed by atoms with Gasteiger partial charge in [0.1, 0.15) is 0 Å². The van der Waals surface area contributed by atoms with Gasteiger partial charge in [-0.2, -0.15) is 4.31 Å². The zero-order valence-electron chi connectivity index (χ0n) is 9.52. The highest BCUT2D eigenvalue weighted by molar-refractivity contribution is 8.06. The Labute approximate surface area is 103 Å². The van der Waals surface area contributed by atoms with Crippen molar-refractivity contribution < 1.29 is 16.8 Å². The molecule has 16 heavy (non-hydrogen) atoms. The Kier molecular flexibility index (Phi) is 6.84. The van der Waals surface area contributed by atoms with E-state index in [-0.39, 0.29) is 12.4 Å². The van der Waals surface area contributed by atoms with Crippen molar-refractivity contribution in [3.63, 3.8) is 0 Å². The molecule has 0 aromatic rings. The number of nitrogens with zero attached hydrogens (tertiary/aromatic N) is 1. The van der Waals surface area contributed by atoms with Gasteiger partial charge < -0.3 is 0 Å². The minimum absolute atomic E-state index is 0.152. The van der Waals surface area contributed by atoms with Crippen molar-refractivity contribution in [2.24, 2.45) is 0 Å². The van der Waals surface area contributed by atoms with Crippen molar-refractivity contribution in [1.29, 1.82) is 0 Å². The van der Waals surface area contributed by atoms with Crippen LogP contribution >= 0.6 is 11.6 Å². The van der Waals surface area contributed by atoms with Gasteiger partial charge in [-0.15, -0.1) is 11.6 Å². The molecular weight excluding hydrogens is 274 g/mol. The Hall–Kier alpha value is 0.150. The molecule has 0 fully saturated rings. The van der Waals surface area contributed by atoms with Crippen LogP contribution in [0.5, 0.6) is 0 Å². The van der Waals surface area contributed by atoms with Gasteiger partial charge in [-0.25, -0.2) is 16.8 Å². The van der Waals surface area contributed by atoms with Crippen molar-refractivity contribution >= 4 is 31.5 Å². The Morgan fingerprint density at radius 2 is 1.69 bits per heavy atom. The lowest BCUT2D eigenvalue weighted by molar-refractivity contribution is 0.423. The monoisotopic (exact) mass is 291 g/mol. The van der Waals surface area contributed by atoms with E-state index in [1.807, 2.05) is 6.92 Å². The first-order chi connectivity index (χ1) is 7.23. The highest BCUT2D eigenvalue weighted by Gasteiger charge is 2.25. The summed E-state index contributed by atoms with van der Waals surface area (Å²) in [6.07, 6.45) is 2.44. The molecule has 0 aliphatic rings. The lowest BCUT2D eigenvalue weighted by atomic mass is 10.3. The summed E-state index contributed by atoms with van der Waals surface area (Å²) < 4.78 is 46.6. The summed E-state index contributed by atoms with van der Waals surface area (Å²) in [5, 5.41) is -0.847. The second-order valence-electron chi connectivity index (χ2n) is 3.60. The topological polar surface area (TPSA) is 71.5 Å². The van der Waals surface area contributed by atoms with Crippen molar-refractivity contribution in [3.05, 3.63) is 0 Å². The smallest absolute Gasteiger partial charge is 0.228 e. The van der Waals surface area contributed by atoms with E-state index in [0.717, 1.165) is 17.0 Å². The van der Waals surface area contributed by atoms with Gasteiger partial charge in [-0.3, -0.25) is 0 Å². The minimum Gasteiger partial charge on any atom is -0.228 e. The molecule has 0 amide bonds. The third kappa shape index (κ3) is 6.67. The van der Waals surface area contributed by atoms with Crippen LogP contribution in [-0.4, -0.2) is 51.5 Å². The molecule has 0 aromatic carbocycles. The molecule has 0 radical (unpaired) electrons. The van der Waals surface area contributed by atoms with Gasteiger partial charge in [0.2, 0.25) is 10.0 Å². The van der Waals surface area contributed by atoms with Crippen LogP contribution in [0.3, 0.4) is 0 Å². The molecule has 0 aliphatic carbocycles. The first-order valence-electron chi connectivity index (χ1n) is 4.94. The third-order valence-corrected chi connectivity index (χ3v) is 6.08. The molecule has 8 heteroatoms. The largest absolute Gasteiger partial charge is 0.228 e. The van der Waals surface area contributed by atoms with Crippen LogP contribution in [-0.2, 0) is 19.9 Å². The molecule has 0 aromatic heterocycles. The maximum absolute atomic E-state index is 11.7. The lowest BCUT2D eigenvalue weighted by Gasteiger charge is -2.20. The van der Waals surface area contributed by atoms with Gasteiger partial charge in [0.25, 0.3) is 0 Å². The molecule has 0 heterocycles. The summed E-state index contributed by atoms with van der Waals surface area (Å²) >= 11 is 5.50. The average molecular weight is 292 g/mol.